The number of nitrogens with one attached hydrogen (secondary N) is 1. The molecule has 1 N–H and O–H groups in total. The highest BCUT2D eigenvalue weighted by atomic mass is 35.5. The first-order valence-electron chi connectivity index (χ1n) is 4.63. The molecule has 1 amide bonds. The van der Waals surface area contributed by atoms with Crippen LogP contribution < -0.4 is 5.32 Å². The summed E-state index contributed by atoms with van der Waals surface area (Å²) in [6.45, 7) is 0.758. The van der Waals surface area contributed by atoms with E-state index in [1.165, 1.54) is 6.42 Å². The summed E-state index contributed by atoms with van der Waals surface area (Å²) >= 11 is 7.63. The van der Waals surface area contributed by atoms with Crippen LogP contribution in [0, 0.1) is 5.92 Å². The second kappa shape index (κ2) is 5.76. The average Bonchev–Trinajstić information content (AvgIpc) is 2.48. The van der Waals surface area contributed by atoms with E-state index in [0.717, 1.165) is 19.4 Å². The van der Waals surface area contributed by atoms with Crippen LogP contribution in [-0.2, 0) is 4.79 Å². The first-order valence-corrected chi connectivity index (χ1v) is 6.46. The molecule has 1 fully saturated rings. The predicted octanol–water partition coefficient (Wildman–Crippen LogP) is 1.87. The first kappa shape index (κ1) is 11.2. The van der Waals surface area contributed by atoms with Crippen molar-refractivity contribution >= 4 is 29.3 Å². The number of carbonyl (C=O) groups excluding carboxylic acids is 1. The maximum atomic E-state index is 11.1. The third-order valence-electron chi connectivity index (χ3n) is 2.40. The van der Waals surface area contributed by atoms with Crippen LogP contribution in [0.3, 0.4) is 0 Å². The molecule has 2 atom stereocenters. The van der Waals surface area contributed by atoms with Crippen molar-refractivity contribution in [2.45, 2.75) is 24.6 Å². The lowest BCUT2D eigenvalue weighted by Crippen LogP contribution is -2.32. The molecule has 1 aliphatic carbocycles. The molecule has 4 heteroatoms. The molecule has 0 heterocycles. The topological polar surface area (TPSA) is 29.1 Å². The minimum absolute atomic E-state index is 0.128. The Morgan fingerprint density at radius 1 is 1.62 bits per heavy atom. The number of thioether (sulfide) groups is 1. The molecule has 2 unspecified atom stereocenters. The van der Waals surface area contributed by atoms with Crippen molar-refractivity contribution in [3.05, 3.63) is 0 Å². The Labute approximate surface area is 88.8 Å². The Bertz CT molecular complexity index is 177. The largest absolute Gasteiger partial charge is 0.355 e. The van der Waals surface area contributed by atoms with Gasteiger partial charge in [-0.15, -0.1) is 11.6 Å². The smallest absolute Gasteiger partial charge is 0.229 e. The van der Waals surface area contributed by atoms with Crippen LogP contribution in [0.1, 0.15) is 19.3 Å². The molecular formula is C9H16ClNOS. The van der Waals surface area contributed by atoms with E-state index in [2.05, 4.69) is 5.32 Å². The van der Waals surface area contributed by atoms with Gasteiger partial charge in [-0.05, 0) is 25.0 Å². The molecule has 0 aliphatic heterocycles. The third kappa shape index (κ3) is 3.77. The summed E-state index contributed by atoms with van der Waals surface area (Å²) in [5, 5.41) is 3.18. The fourth-order valence-electron chi connectivity index (χ4n) is 1.65. The molecule has 1 saturated carbocycles. The quantitative estimate of drug-likeness (QED) is 0.735. The van der Waals surface area contributed by atoms with Crippen molar-refractivity contribution in [3.63, 3.8) is 0 Å². The van der Waals surface area contributed by atoms with Crippen molar-refractivity contribution in [1.29, 1.82) is 0 Å². The second-order valence-corrected chi connectivity index (χ2v) is 4.87. The SMILES string of the molecule is CSCC(=O)NCC1CCCC1Cl. The van der Waals surface area contributed by atoms with Gasteiger partial charge in [0.25, 0.3) is 0 Å². The van der Waals surface area contributed by atoms with Gasteiger partial charge < -0.3 is 5.32 Å². The fraction of sp³-hybridized carbons (Fsp3) is 0.889. The number of hydrogen-bond acceptors (Lipinski definition) is 2. The number of halogens is 1. The average molecular weight is 222 g/mol. The van der Waals surface area contributed by atoms with Crippen LogP contribution >= 0.6 is 23.4 Å². The van der Waals surface area contributed by atoms with Gasteiger partial charge in [0.15, 0.2) is 0 Å². The van der Waals surface area contributed by atoms with E-state index >= 15 is 0 Å². The number of rotatable bonds is 4. The second-order valence-electron chi connectivity index (χ2n) is 3.44. The van der Waals surface area contributed by atoms with Crippen LogP contribution in [0.15, 0.2) is 0 Å². The van der Waals surface area contributed by atoms with E-state index in [0.29, 0.717) is 11.7 Å². The van der Waals surface area contributed by atoms with Gasteiger partial charge in [-0.1, -0.05) is 6.42 Å². The summed E-state index contributed by atoms with van der Waals surface area (Å²) in [5.41, 5.74) is 0. The molecule has 0 radical (unpaired) electrons. The number of amides is 1. The Kier molecular flexibility index (Phi) is 4.96. The summed E-state index contributed by atoms with van der Waals surface area (Å²) in [5.74, 6) is 1.18. The van der Waals surface area contributed by atoms with E-state index < -0.39 is 0 Å². The molecule has 76 valence electrons. The summed E-state index contributed by atoms with van der Waals surface area (Å²) in [6.07, 6.45) is 5.40. The van der Waals surface area contributed by atoms with Crippen molar-refractivity contribution in [2.24, 2.45) is 5.92 Å². The molecule has 0 saturated heterocycles. The minimum Gasteiger partial charge on any atom is -0.355 e. The molecule has 0 aromatic heterocycles. The normalized spacial score (nSPS) is 27.5. The molecule has 2 nitrogen and oxygen atoms in total. The van der Waals surface area contributed by atoms with Crippen LogP contribution in [-0.4, -0.2) is 29.8 Å². The van der Waals surface area contributed by atoms with Gasteiger partial charge in [0.05, 0.1) is 5.75 Å². The third-order valence-corrected chi connectivity index (χ3v) is 3.53. The molecular weight excluding hydrogens is 206 g/mol. The van der Waals surface area contributed by atoms with Gasteiger partial charge in [-0.3, -0.25) is 4.79 Å². The number of carbonyl (C=O) groups is 1. The maximum absolute atomic E-state index is 11.1. The van der Waals surface area contributed by atoms with Gasteiger partial charge >= 0.3 is 0 Å². The highest BCUT2D eigenvalue weighted by molar-refractivity contribution is 7.99. The van der Waals surface area contributed by atoms with Gasteiger partial charge in [-0.25, -0.2) is 0 Å². The van der Waals surface area contributed by atoms with E-state index in [1.807, 2.05) is 6.26 Å². The van der Waals surface area contributed by atoms with Crippen LogP contribution in [0.4, 0.5) is 0 Å². The fourth-order valence-corrected chi connectivity index (χ4v) is 2.38. The lowest BCUT2D eigenvalue weighted by Gasteiger charge is -2.13. The Balaban J connectivity index is 2.14. The Morgan fingerprint density at radius 3 is 2.92 bits per heavy atom. The van der Waals surface area contributed by atoms with Gasteiger partial charge in [0, 0.05) is 11.9 Å². The van der Waals surface area contributed by atoms with Gasteiger partial charge in [0.2, 0.25) is 5.91 Å². The van der Waals surface area contributed by atoms with Gasteiger partial charge in [0.1, 0.15) is 0 Å². The zero-order valence-electron chi connectivity index (χ0n) is 7.88. The first-order chi connectivity index (χ1) is 6.24. The van der Waals surface area contributed by atoms with Crippen molar-refractivity contribution in [1.82, 2.24) is 5.32 Å². The molecule has 13 heavy (non-hydrogen) atoms. The molecule has 0 bridgehead atoms. The van der Waals surface area contributed by atoms with Crippen molar-refractivity contribution in [3.8, 4) is 0 Å². The summed E-state index contributed by atoms with van der Waals surface area (Å²) in [4.78, 5) is 11.1. The zero-order chi connectivity index (χ0) is 9.68. The van der Waals surface area contributed by atoms with E-state index in [4.69, 9.17) is 11.6 Å². The Morgan fingerprint density at radius 2 is 2.38 bits per heavy atom. The minimum atomic E-state index is 0.128. The van der Waals surface area contributed by atoms with E-state index in [9.17, 15) is 4.79 Å². The van der Waals surface area contributed by atoms with Crippen molar-refractivity contribution < 1.29 is 4.79 Å². The molecule has 0 aromatic rings. The zero-order valence-corrected chi connectivity index (χ0v) is 9.46. The van der Waals surface area contributed by atoms with Crippen LogP contribution in [0.2, 0.25) is 0 Å². The van der Waals surface area contributed by atoms with E-state index in [1.54, 1.807) is 11.8 Å². The van der Waals surface area contributed by atoms with E-state index in [-0.39, 0.29) is 11.3 Å². The maximum Gasteiger partial charge on any atom is 0.229 e. The summed E-state index contributed by atoms with van der Waals surface area (Å²) in [6, 6.07) is 0. The van der Waals surface area contributed by atoms with Crippen LogP contribution in [0.25, 0.3) is 0 Å². The van der Waals surface area contributed by atoms with Crippen LogP contribution in [0.5, 0.6) is 0 Å². The van der Waals surface area contributed by atoms with Crippen molar-refractivity contribution in [2.75, 3.05) is 18.6 Å². The summed E-state index contributed by atoms with van der Waals surface area (Å²) in [7, 11) is 0. The lowest BCUT2D eigenvalue weighted by molar-refractivity contribution is -0.118. The number of hydrogen-bond donors (Lipinski definition) is 1. The predicted molar refractivity (Wildman–Crippen MR) is 58.4 cm³/mol. The monoisotopic (exact) mass is 221 g/mol. The summed E-state index contributed by atoms with van der Waals surface area (Å²) < 4.78 is 0. The highest BCUT2D eigenvalue weighted by Crippen LogP contribution is 2.29. The lowest BCUT2D eigenvalue weighted by atomic mass is 10.1. The molecule has 0 spiro atoms. The number of alkyl halides is 1. The molecule has 0 aromatic carbocycles. The molecule has 1 rings (SSSR count). The molecule has 1 aliphatic rings. The van der Waals surface area contributed by atoms with Gasteiger partial charge in [-0.2, -0.15) is 11.8 Å². The highest BCUT2D eigenvalue weighted by Gasteiger charge is 2.25. The Hall–Kier alpha value is 0.110. The standard InChI is InChI=1S/C9H16ClNOS/c1-13-6-9(12)11-5-7-3-2-4-8(7)10/h7-8H,2-6H2,1H3,(H,11,12).